The molecule has 5 heteroatoms. The van der Waals surface area contributed by atoms with Crippen molar-refractivity contribution in [3.63, 3.8) is 0 Å². The molecule has 1 aliphatic rings. The van der Waals surface area contributed by atoms with Gasteiger partial charge < -0.3 is 5.32 Å². The Bertz CT molecular complexity index is 621. The smallest absolute Gasteiger partial charge is 0.237 e. The number of nitrogens with one attached hydrogen (secondary N) is 1. The van der Waals surface area contributed by atoms with E-state index in [1.54, 1.807) is 11.3 Å². The molecule has 3 rings (SSSR count). The van der Waals surface area contributed by atoms with Crippen LogP contribution in [0.3, 0.4) is 0 Å². The van der Waals surface area contributed by atoms with Gasteiger partial charge in [0.15, 0.2) is 0 Å². The van der Waals surface area contributed by atoms with Gasteiger partial charge in [-0.2, -0.15) is 0 Å². The molecule has 0 aliphatic carbocycles. The van der Waals surface area contributed by atoms with Crippen LogP contribution in [0.25, 0.3) is 0 Å². The maximum Gasteiger partial charge on any atom is 0.237 e. The summed E-state index contributed by atoms with van der Waals surface area (Å²) in [5, 5.41) is 5.09. The van der Waals surface area contributed by atoms with Crippen molar-refractivity contribution in [2.24, 2.45) is 0 Å². The van der Waals surface area contributed by atoms with Crippen LogP contribution in [0.15, 0.2) is 47.8 Å². The summed E-state index contributed by atoms with van der Waals surface area (Å²) in [6.45, 7) is 7.55. The molecule has 2 heterocycles. The number of nitrogens with zero attached hydrogens (tertiary/aromatic N) is 2. The SMILES string of the molecule is CC(C(=O)NCc1cccs1)N1CCN(Cc2ccccc2)CC1. The number of hydrogen-bond donors (Lipinski definition) is 1. The Morgan fingerprint density at radius 2 is 1.88 bits per heavy atom. The molecule has 1 N–H and O–H groups in total. The van der Waals surface area contributed by atoms with Gasteiger partial charge in [-0.25, -0.2) is 0 Å². The highest BCUT2D eigenvalue weighted by Crippen LogP contribution is 2.12. The van der Waals surface area contributed by atoms with E-state index in [0.717, 1.165) is 32.7 Å². The molecule has 1 fully saturated rings. The Hall–Kier alpha value is -1.69. The molecule has 1 amide bonds. The van der Waals surface area contributed by atoms with Gasteiger partial charge in [0.2, 0.25) is 5.91 Å². The van der Waals surface area contributed by atoms with E-state index >= 15 is 0 Å². The first-order chi connectivity index (χ1) is 11.7. The van der Waals surface area contributed by atoms with E-state index in [1.165, 1.54) is 10.4 Å². The molecule has 0 saturated carbocycles. The number of rotatable bonds is 6. The van der Waals surface area contributed by atoms with Gasteiger partial charge in [0.25, 0.3) is 0 Å². The zero-order valence-electron chi connectivity index (χ0n) is 14.1. The highest BCUT2D eigenvalue weighted by Gasteiger charge is 2.25. The summed E-state index contributed by atoms with van der Waals surface area (Å²) >= 11 is 1.68. The third-order valence-corrected chi connectivity index (χ3v) is 5.48. The molecule has 0 spiro atoms. The number of benzene rings is 1. The summed E-state index contributed by atoms with van der Waals surface area (Å²) < 4.78 is 0. The largest absolute Gasteiger partial charge is 0.350 e. The Morgan fingerprint density at radius 1 is 1.12 bits per heavy atom. The number of piperazine rings is 1. The number of carbonyl (C=O) groups excluding carboxylic acids is 1. The monoisotopic (exact) mass is 343 g/mol. The lowest BCUT2D eigenvalue weighted by atomic mass is 10.1. The predicted molar refractivity (Wildman–Crippen MR) is 98.9 cm³/mol. The fourth-order valence-corrected chi connectivity index (χ4v) is 3.70. The van der Waals surface area contributed by atoms with E-state index in [1.807, 2.05) is 18.4 Å². The maximum atomic E-state index is 12.3. The van der Waals surface area contributed by atoms with Crippen LogP contribution in [0.5, 0.6) is 0 Å². The van der Waals surface area contributed by atoms with E-state index in [-0.39, 0.29) is 11.9 Å². The second-order valence-electron chi connectivity index (χ2n) is 6.27. The van der Waals surface area contributed by atoms with Gasteiger partial charge >= 0.3 is 0 Å². The standard InChI is InChI=1S/C19H25N3OS/c1-16(19(23)20-14-18-8-5-13-24-18)22-11-9-21(10-12-22)15-17-6-3-2-4-7-17/h2-8,13,16H,9-12,14-15H2,1H3,(H,20,23). The van der Waals surface area contributed by atoms with Crippen LogP contribution in [0.1, 0.15) is 17.4 Å². The van der Waals surface area contributed by atoms with E-state index in [0.29, 0.717) is 6.54 Å². The van der Waals surface area contributed by atoms with Crippen molar-refractivity contribution in [3.05, 3.63) is 58.3 Å². The second kappa shape index (κ2) is 8.42. The lowest BCUT2D eigenvalue weighted by Gasteiger charge is -2.37. The van der Waals surface area contributed by atoms with Crippen molar-refractivity contribution in [2.45, 2.75) is 26.1 Å². The summed E-state index contributed by atoms with van der Waals surface area (Å²) in [5.41, 5.74) is 1.35. The molecular formula is C19H25N3OS. The van der Waals surface area contributed by atoms with Crippen molar-refractivity contribution >= 4 is 17.2 Å². The quantitative estimate of drug-likeness (QED) is 0.876. The molecule has 128 valence electrons. The highest BCUT2D eigenvalue weighted by atomic mass is 32.1. The van der Waals surface area contributed by atoms with Crippen LogP contribution in [0, 0.1) is 0 Å². The highest BCUT2D eigenvalue weighted by molar-refractivity contribution is 7.09. The zero-order valence-corrected chi connectivity index (χ0v) is 15.0. The second-order valence-corrected chi connectivity index (χ2v) is 7.30. The fraction of sp³-hybridized carbons (Fsp3) is 0.421. The van der Waals surface area contributed by atoms with Crippen LogP contribution < -0.4 is 5.32 Å². The minimum absolute atomic E-state index is 0.0659. The van der Waals surface area contributed by atoms with Crippen LogP contribution in [0.4, 0.5) is 0 Å². The van der Waals surface area contributed by atoms with Crippen molar-refractivity contribution in [1.29, 1.82) is 0 Å². The molecule has 1 aromatic carbocycles. The number of amides is 1. The minimum Gasteiger partial charge on any atom is -0.350 e. The molecule has 1 aliphatic heterocycles. The van der Waals surface area contributed by atoms with Crippen LogP contribution >= 0.6 is 11.3 Å². The van der Waals surface area contributed by atoms with E-state index in [9.17, 15) is 4.79 Å². The maximum absolute atomic E-state index is 12.3. The number of hydrogen-bond acceptors (Lipinski definition) is 4. The van der Waals surface area contributed by atoms with Gasteiger partial charge in [-0.15, -0.1) is 11.3 Å². The Labute approximate surface area is 148 Å². The molecule has 1 atom stereocenters. The summed E-state index contributed by atoms with van der Waals surface area (Å²) in [5.74, 6) is 0.125. The Kier molecular flexibility index (Phi) is 6.01. The number of thiophene rings is 1. The molecular weight excluding hydrogens is 318 g/mol. The fourth-order valence-electron chi connectivity index (χ4n) is 3.05. The zero-order chi connectivity index (χ0) is 16.8. The van der Waals surface area contributed by atoms with Crippen LogP contribution in [0.2, 0.25) is 0 Å². The predicted octanol–water partition coefficient (Wildman–Crippen LogP) is 2.57. The average Bonchev–Trinajstić information content (AvgIpc) is 3.14. The third kappa shape index (κ3) is 4.66. The third-order valence-electron chi connectivity index (χ3n) is 4.60. The first-order valence-corrected chi connectivity index (χ1v) is 9.41. The van der Waals surface area contributed by atoms with Gasteiger partial charge in [-0.3, -0.25) is 14.6 Å². The minimum atomic E-state index is -0.0659. The molecule has 2 aromatic rings. The van der Waals surface area contributed by atoms with Crippen molar-refractivity contribution in [1.82, 2.24) is 15.1 Å². The summed E-state index contributed by atoms with van der Waals surface area (Å²) in [7, 11) is 0. The molecule has 4 nitrogen and oxygen atoms in total. The first kappa shape index (κ1) is 17.1. The molecule has 1 saturated heterocycles. The lowest BCUT2D eigenvalue weighted by molar-refractivity contribution is -0.126. The summed E-state index contributed by atoms with van der Waals surface area (Å²) in [4.78, 5) is 18.3. The van der Waals surface area contributed by atoms with Gasteiger partial charge in [0.05, 0.1) is 12.6 Å². The van der Waals surface area contributed by atoms with E-state index < -0.39 is 0 Å². The first-order valence-electron chi connectivity index (χ1n) is 8.53. The van der Waals surface area contributed by atoms with Gasteiger partial charge in [-0.1, -0.05) is 36.4 Å². The lowest BCUT2D eigenvalue weighted by Crippen LogP contribution is -2.53. The van der Waals surface area contributed by atoms with Gasteiger partial charge in [0.1, 0.15) is 0 Å². The van der Waals surface area contributed by atoms with E-state index in [2.05, 4.69) is 51.5 Å². The molecule has 0 bridgehead atoms. The average molecular weight is 343 g/mol. The van der Waals surface area contributed by atoms with Gasteiger partial charge in [0, 0.05) is 37.6 Å². The Morgan fingerprint density at radius 3 is 2.54 bits per heavy atom. The molecule has 0 radical (unpaired) electrons. The molecule has 24 heavy (non-hydrogen) atoms. The van der Waals surface area contributed by atoms with Gasteiger partial charge in [-0.05, 0) is 23.9 Å². The number of carbonyl (C=O) groups is 1. The van der Waals surface area contributed by atoms with Crippen LogP contribution in [-0.4, -0.2) is 47.9 Å². The van der Waals surface area contributed by atoms with Crippen LogP contribution in [-0.2, 0) is 17.9 Å². The van der Waals surface area contributed by atoms with E-state index in [4.69, 9.17) is 0 Å². The normalized spacial score (nSPS) is 17.5. The topological polar surface area (TPSA) is 35.6 Å². The summed E-state index contributed by atoms with van der Waals surface area (Å²) in [6.07, 6.45) is 0. The summed E-state index contributed by atoms with van der Waals surface area (Å²) in [6, 6.07) is 14.6. The molecule has 1 aromatic heterocycles. The van der Waals surface area contributed by atoms with Crippen molar-refractivity contribution in [3.8, 4) is 0 Å². The molecule has 1 unspecified atom stereocenters. The Balaban J connectivity index is 1.42. The van der Waals surface area contributed by atoms with Crippen molar-refractivity contribution < 1.29 is 4.79 Å². The van der Waals surface area contributed by atoms with Crippen molar-refractivity contribution in [2.75, 3.05) is 26.2 Å².